The second-order valence-corrected chi connectivity index (χ2v) is 5.14. The lowest BCUT2D eigenvalue weighted by molar-refractivity contribution is 0.707. The Bertz CT molecular complexity index is 489. The lowest BCUT2D eigenvalue weighted by Gasteiger charge is -2.19. The van der Waals surface area contributed by atoms with Crippen LogP contribution in [0.2, 0.25) is 0 Å². The third kappa shape index (κ3) is 2.60. The van der Waals surface area contributed by atoms with Crippen molar-refractivity contribution in [3.63, 3.8) is 0 Å². The summed E-state index contributed by atoms with van der Waals surface area (Å²) in [7, 11) is 0. The SMILES string of the molecule is c1ccc(NC2NN(c3ccccc3)CS2)cc1. The van der Waals surface area contributed by atoms with Crippen LogP contribution < -0.4 is 15.8 Å². The number of nitrogens with one attached hydrogen (secondary N) is 2. The highest BCUT2D eigenvalue weighted by Gasteiger charge is 2.21. The molecule has 1 saturated heterocycles. The van der Waals surface area contributed by atoms with Crippen molar-refractivity contribution in [2.45, 2.75) is 5.50 Å². The van der Waals surface area contributed by atoms with Gasteiger partial charge in [0, 0.05) is 5.69 Å². The number of benzene rings is 2. The van der Waals surface area contributed by atoms with Crippen LogP contribution in [0, 0.1) is 0 Å². The molecule has 0 spiro atoms. The van der Waals surface area contributed by atoms with Crippen molar-refractivity contribution in [3.8, 4) is 0 Å². The molecule has 0 aromatic heterocycles. The number of hydrogen-bond donors (Lipinski definition) is 2. The third-order valence-electron chi connectivity index (χ3n) is 2.78. The standard InChI is InChI=1S/C14H15N3S/c1-3-7-12(8-4-1)15-14-16-17(11-18-14)13-9-5-2-6-10-13/h1-10,14-16H,11H2. The summed E-state index contributed by atoms with van der Waals surface area (Å²) in [5.41, 5.74) is 5.99. The number of nitrogens with zero attached hydrogens (tertiary/aromatic N) is 1. The van der Waals surface area contributed by atoms with Gasteiger partial charge in [0.2, 0.25) is 0 Å². The largest absolute Gasteiger partial charge is 0.360 e. The molecular formula is C14H15N3S. The molecule has 18 heavy (non-hydrogen) atoms. The molecule has 0 aliphatic carbocycles. The summed E-state index contributed by atoms with van der Waals surface area (Å²) in [6, 6.07) is 20.6. The van der Waals surface area contributed by atoms with Gasteiger partial charge in [-0.15, -0.1) is 0 Å². The summed E-state index contributed by atoms with van der Waals surface area (Å²) < 4.78 is 0. The number of anilines is 2. The van der Waals surface area contributed by atoms with Crippen LogP contribution in [0.4, 0.5) is 11.4 Å². The predicted molar refractivity (Wildman–Crippen MR) is 78.4 cm³/mol. The Morgan fingerprint density at radius 1 is 1.00 bits per heavy atom. The van der Waals surface area contributed by atoms with E-state index in [0.717, 1.165) is 11.6 Å². The number of hydrazine groups is 1. The lowest BCUT2D eigenvalue weighted by atomic mass is 10.3. The normalized spacial score (nSPS) is 18.9. The fourth-order valence-corrected chi connectivity index (χ4v) is 2.82. The molecule has 1 heterocycles. The van der Waals surface area contributed by atoms with Gasteiger partial charge in [0.25, 0.3) is 0 Å². The molecular weight excluding hydrogens is 242 g/mol. The number of thioether (sulfide) groups is 1. The van der Waals surface area contributed by atoms with Gasteiger partial charge in [0.05, 0.1) is 11.6 Å². The highest BCUT2D eigenvalue weighted by Crippen LogP contribution is 2.24. The molecule has 2 N–H and O–H groups in total. The van der Waals surface area contributed by atoms with E-state index in [1.807, 2.05) is 36.0 Å². The van der Waals surface area contributed by atoms with Gasteiger partial charge in [-0.05, 0) is 24.3 Å². The maximum absolute atomic E-state index is 3.45. The van der Waals surface area contributed by atoms with Gasteiger partial charge in [-0.25, -0.2) is 5.43 Å². The minimum absolute atomic E-state index is 0.215. The Labute approximate surface area is 111 Å². The van der Waals surface area contributed by atoms with E-state index in [1.54, 1.807) is 0 Å². The van der Waals surface area contributed by atoms with Crippen LogP contribution in [0.3, 0.4) is 0 Å². The summed E-state index contributed by atoms with van der Waals surface area (Å²) in [5.74, 6) is 0.939. The third-order valence-corrected chi connectivity index (χ3v) is 3.75. The highest BCUT2D eigenvalue weighted by atomic mass is 32.2. The van der Waals surface area contributed by atoms with Crippen LogP contribution >= 0.6 is 11.8 Å². The van der Waals surface area contributed by atoms with Crippen molar-refractivity contribution in [1.82, 2.24) is 5.43 Å². The molecule has 3 rings (SSSR count). The number of rotatable bonds is 3. The highest BCUT2D eigenvalue weighted by molar-refractivity contribution is 8.00. The minimum Gasteiger partial charge on any atom is -0.360 e. The summed E-state index contributed by atoms with van der Waals surface area (Å²) in [6.45, 7) is 0. The molecule has 1 aliphatic rings. The van der Waals surface area contributed by atoms with Crippen molar-refractivity contribution in [1.29, 1.82) is 0 Å². The van der Waals surface area contributed by atoms with Crippen LogP contribution in [-0.4, -0.2) is 11.4 Å². The van der Waals surface area contributed by atoms with Gasteiger partial charge in [-0.2, -0.15) is 0 Å². The summed E-state index contributed by atoms with van der Waals surface area (Å²) in [6.07, 6.45) is 0. The maximum atomic E-state index is 3.45. The molecule has 0 bridgehead atoms. The second kappa shape index (κ2) is 5.33. The van der Waals surface area contributed by atoms with E-state index in [9.17, 15) is 0 Å². The van der Waals surface area contributed by atoms with Crippen molar-refractivity contribution in [3.05, 3.63) is 60.7 Å². The van der Waals surface area contributed by atoms with Crippen molar-refractivity contribution < 1.29 is 0 Å². The molecule has 3 nitrogen and oxygen atoms in total. The van der Waals surface area contributed by atoms with Crippen molar-refractivity contribution in [2.24, 2.45) is 0 Å². The van der Waals surface area contributed by atoms with Crippen LogP contribution in [0.5, 0.6) is 0 Å². The zero-order valence-electron chi connectivity index (χ0n) is 9.91. The molecule has 4 heteroatoms. The summed E-state index contributed by atoms with van der Waals surface area (Å²) >= 11 is 1.84. The van der Waals surface area contributed by atoms with Crippen molar-refractivity contribution >= 4 is 23.1 Å². The van der Waals surface area contributed by atoms with E-state index in [4.69, 9.17) is 0 Å². The number of para-hydroxylation sites is 2. The molecule has 0 saturated carbocycles. The molecule has 0 amide bonds. The van der Waals surface area contributed by atoms with Gasteiger partial charge in [-0.1, -0.05) is 48.2 Å². The zero-order chi connectivity index (χ0) is 12.2. The van der Waals surface area contributed by atoms with E-state index in [0.29, 0.717) is 0 Å². The summed E-state index contributed by atoms with van der Waals surface area (Å²) in [5, 5.41) is 5.61. The Hall–Kier alpha value is -1.65. The smallest absolute Gasteiger partial charge is 0.144 e. The minimum atomic E-state index is 0.215. The topological polar surface area (TPSA) is 27.3 Å². The summed E-state index contributed by atoms with van der Waals surface area (Å²) in [4.78, 5) is 0. The van der Waals surface area contributed by atoms with Gasteiger partial charge >= 0.3 is 0 Å². The first-order valence-corrected chi connectivity index (χ1v) is 6.99. The number of hydrogen-bond acceptors (Lipinski definition) is 4. The van der Waals surface area contributed by atoms with Gasteiger partial charge in [-0.3, -0.25) is 5.01 Å². The van der Waals surface area contributed by atoms with Gasteiger partial charge in [0.1, 0.15) is 5.50 Å². The van der Waals surface area contributed by atoms with E-state index in [1.165, 1.54) is 5.69 Å². The molecule has 1 atom stereocenters. The van der Waals surface area contributed by atoms with E-state index >= 15 is 0 Å². The molecule has 2 aromatic rings. The zero-order valence-corrected chi connectivity index (χ0v) is 10.7. The van der Waals surface area contributed by atoms with E-state index in [-0.39, 0.29) is 5.50 Å². The second-order valence-electron chi connectivity index (χ2n) is 4.08. The molecule has 1 unspecified atom stereocenters. The Morgan fingerprint density at radius 3 is 2.39 bits per heavy atom. The Morgan fingerprint density at radius 2 is 1.67 bits per heavy atom. The quantitative estimate of drug-likeness (QED) is 0.883. The fraction of sp³-hybridized carbons (Fsp3) is 0.143. The molecule has 0 radical (unpaired) electrons. The Balaban J connectivity index is 1.62. The molecule has 1 fully saturated rings. The van der Waals surface area contributed by atoms with Crippen LogP contribution in [0.1, 0.15) is 0 Å². The van der Waals surface area contributed by atoms with Crippen LogP contribution in [-0.2, 0) is 0 Å². The van der Waals surface area contributed by atoms with Gasteiger partial charge in [0.15, 0.2) is 0 Å². The fourth-order valence-electron chi connectivity index (χ4n) is 1.88. The monoisotopic (exact) mass is 257 g/mol. The lowest BCUT2D eigenvalue weighted by Crippen LogP contribution is -2.38. The first-order chi connectivity index (χ1) is 8.92. The average Bonchev–Trinajstić information content (AvgIpc) is 2.89. The first-order valence-electron chi connectivity index (χ1n) is 5.94. The molecule has 1 aliphatic heterocycles. The average molecular weight is 257 g/mol. The van der Waals surface area contributed by atoms with Crippen LogP contribution in [0.25, 0.3) is 0 Å². The van der Waals surface area contributed by atoms with Gasteiger partial charge < -0.3 is 5.32 Å². The molecule has 92 valence electrons. The maximum Gasteiger partial charge on any atom is 0.144 e. The van der Waals surface area contributed by atoms with Crippen molar-refractivity contribution in [2.75, 3.05) is 16.2 Å². The van der Waals surface area contributed by atoms with E-state index in [2.05, 4.69) is 52.1 Å². The van der Waals surface area contributed by atoms with E-state index < -0.39 is 0 Å². The first kappa shape index (κ1) is 11.4. The predicted octanol–water partition coefficient (Wildman–Crippen LogP) is 3.10. The van der Waals surface area contributed by atoms with Crippen LogP contribution in [0.15, 0.2) is 60.7 Å². The Kier molecular flexibility index (Phi) is 3.39. The molecule has 2 aromatic carbocycles.